The number of carbonyl (C=O) groups excluding carboxylic acids is 1. The zero-order valence-electron chi connectivity index (χ0n) is 13.0. The Morgan fingerprint density at radius 2 is 1.70 bits per heavy atom. The number of carbonyl (C=O) groups is 1. The van der Waals surface area contributed by atoms with E-state index in [9.17, 15) is 4.79 Å². The Bertz CT molecular complexity index is 653. The summed E-state index contributed by atoms with van der Waals surface area (Å²) in [6.45, 7) is 3.04. The van der Waals surface area contributed by atoms with Crippen LogP contribution in [0.4, 0.5) is 0 Å². The van der Waals surface area contributed by atoms with Gasteiger partial charge in [-0.1, -0.05) is 54.1 Å². The molecule has 23 heavy (non-hydrogen) atoms. The zero-order valence-corrected chi connectivity index (χ0v) is 13.8. The molecule has 4 heteroatoms. The van der Waals surface area contributed by atoms with Crippen LogP contribution in [0.5, 0.6) is 0 Å². The van der Waals surface area contributed by atoms with Crippen molar-refractivity contribution in [3.8, 4) is 0 Å². The lowest BCUT2D eigenvalue weighted by Crippen LogP contribution is -2.37. The Kier molecular flexibility index (Phi) is 5.31. The molecule has 0 aromatic heterocycles. The molecule has 1 amide bonds. The van der Waals surface area contributed by atoms with Crippen LogP contribution >= 0.6 is 11.6 Å². The maximum Gasteiger partial charge on any atom is 0.253 e. The third kappa shape index (κ3) is 4.12. The van der Waals surface area contributed by atoms with Crippen molar-refractivity contribution in [1.29, 1.82) is 0 Å². The number of nitrogens with one attached hydrogen (secondary N) is 1. The van der Waals surface area contributed by atoms with E-state index in [-0.39, 0.29) is 11.9 Å². The second-order valence-corrected chi connectivity index (χ2v) is 6.33. The maximum absolute atomic E-state index is 12.6. The molecule has 0 radical (unpaired) electrons. The lowest BCUT2D eigenvalue weighted by atomic mass is 10.1. The molecule has 3 nitrogen and oxygen atoms in total. The fourth-order valence-electron chi connectivity index (χ4n) is 3.02. The van der Waals surface area contributed by atoms with Crippen LogP contribution in [0, 0.1) is 0 Å². The first kappa shape index (κ1) is 16.0. The maximum atomic E-state index is 12.6. The smallest absolute Gasteiger partial charge is 0.253 e. The van der Waals surface area contributed by atoms with Crippen molar-refractivity contribution in [2.75, 3.05) is 19.6 Å². The average Bonchev–Trinajstić information content (AvgIpc) is 3.08. The number of nitrogens with zero attached hydrogens (tertiary/aromatic N) is 1. The molecule has 1 N–H and O–H groups in total. The van der Waals surface area contributed by atoms with E-state index in [2.05, 4.69) is 22.3 Å². The van der Waals surface area contributed by atoms with Gasteiger partial charge in [0, 0.05) is 6.54 Å². The van der Waals surface area contributed by atoms with Crippen molar-refractivity contribution < 1.29 is 4.79 Å². The van der Waals surface area contributed by atoms with E-state index in [1.807, 2.05) is 30.3 Å². The van der Waals surface area contributed by atoms with Crippen molar-refractivity contribution in [2.24, 2.45) is 0 Å². The van der Waals surface area contributed by atoms with Gasteiger partial charge in [-0.25, -0.2) is 0 Å². The van der Waals surface area contributed by atoms with Crippen LogP contribution in [0.15, 0.2) is 54.6 Å². The molecule has 0 spiro atoms. The highest BCUT2D eigenvalue weighted by Gasteiger charge is 2.21. The van der Waals surface area contributed by atoms with Crippen LogP contribution in [-0.2, 0) is 0 Å². The summed E-state index contributed by atoms with van der Waals surface area (Å²) in [5, 5.41) is 3.64. The van der Waals surface area contributed by atoms with Gasteiger partial charge in [0.2, 0.25) is 0 Å². The van der Waals surface area contributed by atoms with Gasteiger partial charge in [-0.05, 0) is 43.6 Å². The first-order valence-electron chi connectivity index (χ1n) is 8.07. The summed E-state index contributed by atoms with van der Waals surface area (Å²) in [6.07, 6.45) is 2.47. The van der Waals surface area contributed by atoms with Crippen LogP contribution in [0.1, 0.15) is 34.8 Å². The molecule has 3 rings (SSSR count). The van der Waals surface area contributed by atoms with Crippen LogP contribution in [0.3, 0.4) is 0 Å². The molecule has 0 aliphatic carbocycles. The van der Waals surface area contributed by atoms with Gasteiger partial charge in [-0.15, -0.1) is 0 Å². The Hall–Kier alpha value is -1.84. The van der Waals surface area contributed by atoms with E-state index in [1.54, 1.807) is 12.1 Å². The number of likely N-dealkylation sites (tertiary alicyclic amines) is 1. The molecule has 1 heterocycles. The minimum absolute atomic E-state index is 0.0296. The largest absolute Gasteiger partial charge is 0.344 e. The molecule has 1 saturated heterocycles. The van der Waals surface area contributed by atoms with Crippen molar-refractivity contribution in [2.45, 2.75) is 18.9 Å². The van der Waals surface area contributed by atoms with E-state index >= 15 is 0 Å². The second kappa shape index (κ2) is 7.62. The van der Waals surface area contributed by atoms with Crippen molar-refractivity contribution in [3.05, 3.63) is 70.7 Å². The summed E-state index contributed by atoms with van der Waals surface area (Å²) in [4.78, 5) is 15.0. The Morgan fingerprint density at radius 3 is 2.39 bits per heavy atom. The summed E-state index contributed by atoms with van der Waals surface area (Å²) in [5.74, 6) is -0.122. The summed E-state index contributed by atoms with van der Waals surface area (Å²) >= 11 is 6.15. The molecule has 0 bridgehead atoms. The quantitative estimate of drug-likeness (QED) is 0.902. The van der Waals surface area contributed by atoms with Gasteiger partial charge >= 0.3 is 0 Å². The van der Waals surface area contributed by atoms with E-state index in [0.717, 1.165) is 25.2 Å². The Balaban J connectivity index is 1.78. The Morgan fingerprint density at radius 1 is 1.04 bits per heavy atom. The standard InChI is InChI=1S/C19H21ClN2O/c20-17-11-5-4-10-16(17)19(23)21-18(14-22-12-6-7-13-22)15-8-2-1-3-9-15/h1-5,8-11,18H,6-7,12-14H2,(H,21,23). The predicted octanol–water partition coefficient (Wildman–Crippen LogP) is 3.91. The molecule has 1 aliphatic heterocycles. The van der Waals surface area contributed by atoms with Gasteiger partial charge in [0.1, 0.15) is 0 Å². The van der Waals surface area contributed by atoms with Crippen LogP contribution in [-0.4, -0.2) is 30.4 Å². The fourth-order valence-corrected chi connectivity index (χ4v) is 3.25. The predicted molar refractivity (Wildman–Crippen MR) is 93.8 cm³/mol. The molecular formula is C19H21ClN2O. The first-order chi connectivity index (χ1) is 11.2. The fraction of sp³-hybridized carbons (Fsp3) is 0.316. The molecule has 120 valence electrons. The molecule has 0 saturated carbocycles. The number of rotatable bonds is 5. The number of hydrogen-bond acceptors (Lipinski definition) is 2. The molecule has 1 fully saturated rings. The van der Waals surface area contributed by atoms with Crippen molar-refractivity contribution in [3.63, 3.8) is 0 Å². The summed E-state index contributed by atoms with van der Waals surface area (Å²) in [6, 6.07) is 17.3. The molecule has 2 aromatic rings. The van der Waals surface area contributed by atoms with Gasteiger partial charge < -0.3 is 10.2 Å². The van der Waals surface area contributed by atoms with Crippen LogP contribution < -0.4 is 5.32 Å². The summed E-state index contributed by atoms with van der Waals surface area (Å²) in [7, 11) is 0. The highest BCUT2D eigenvalue weighted by molar-refractivity contribution is 6.33. The van der Waals surface area contributed by atoms with E-state index < -0.39 is 0 Å². The SMILES string of the molecule is O=C(NC(CN1CCCC1)c1ccccc1)c1ccccc1Cl. The Labute approximate surface area is 142 Å². The summed E-state index contributed by atoms with van der Waals surface area (Å²) in [5.41, 5.74) is 1.65. The average molecular weight is 329 g/mol. The number of benzene rings is 2. The molecule has 1 atom stereocenters. The van der Waals surface area contributed by atoms with Crippen LogP contribution in [0.2, 0.25) is 5.02 Å². The highest BCUT2D eigenvalue weighted by Crippen LogP contribution is 2.20. The van der Waals surface area contributed by atoms with E-state index in [4.69, 9.17) is 11.6 Å². The monoisotopic (exact) mass is 328 g/mol. The van der Waals surface area contributed by atoms with Gasteiger partial charge in [-0.3, -0.25) is 4.79 Å². The third-order valence-electron chi connectivity index (χ3n) is 4.27. The molecular weight excluding hydrogens is 308 g/mol. The van der Waals surface area contributed by atoms with Gasteiger partial charge in [0.15, 0.2) is 0 Å². The van der Waals surface area contributed by atoms with Gasteiger partial charge in [0.05, 0.1) is 16.6 Å². The number of amides is 1. The van der Waals surface area contributed by atoms with Gasteiger partial charge in [0.25, 0.3) is 5.91 Å². The normalized spacial score (nSPS) is 16.2. The molecule has 1 unspecified atom stereocenters. The topological polar surface area (TPSA) is 32.3 Å². The summed E-state index contributed by atoms with van der Waals surface area (Å²) < 4.78 is 0. The minimum atomic E-state index is -0.122. The van der Waals surface area contributed by atoms with Crippen molar-refractivity contribution >= 4 is 17.5 Å². The minimum Gasteiger partial charge on any atom is -0.344 e. The number of halogens is 1. The van der Waals surface area contributed by atoms with Crippen molar-refractivity contribution in [1.82, 2.24) is 10.2 Å². The highest BCUT2D eigenvalue weighted by atomic mass is 35.5. The third-order valence-corrected chi connectivity index (χ3v) is 4.59. The van der Waals surface area contributed by atoms with E-state index in [1.165, 1.54) is 12.8 Å². The lowest BCUT2D eigenvalue weighted by Gasteiger charge is -2.25. The number of hydrogen-bond donors (Lipinski definition) is 1. The first-order valence-corrected chi connectivity index (χ1v) is 8.44. The molecule has 1 aliphatic rings. The zero-order chi connectivity index (χ0) is 16.1. The lowest BCUT2D eigenvalue weighted by molar-refractivity contribution is 0.0927. The van der Waals surface area contributed by atoms with Crippen LogP contribution in [0.25, 0.3) is 0 Å². The van der Waals surface area contributed by atoms with E-state index in [0.29, 0.717) is 10.6 Å². The molecule has 2 aromatic carbocycles. The van der Waals surface area contributed by atoms with Gasteiger partial charge in [-0.2, -0.15) is 0 Å². The second-order valence-electron chi connectivity index (χ2n) is 5.92.